The molecule has 7 heteroatoms. The van der Waals surface area contributed by atoms with E-state index in [2.05, 4.69) is 22.6 Å². The van der Waals surface area contributed by atoms with Crippen LogP contribution >= 0.6 is 11.6 Å². The highest BCUT2D eigenvalue weighted by Gasteiger charge is 2.28. The number of fused-ring (bicyclic) bond motifs is 4. The number of pyridine rings is 2. The molecule has 1 fully saturated rings. The molecule has 6 rings (SSSR count). The van der Waals surface area contributed by atoms with E-state index in [0.29, 0.717) is 27.6 Å². The second-order valence-corrected chi connectivity index (χ2v) is 9.64. The van der Waals surface area contributed by atoms with Crippen LogP contribution in [0.2, 0.25) is 5.02 Å². The van der Waals surface area contributed by atoms with E-state index in [-0.39, 0.29) is 11.6 Å². The molecular formula is C27H25ClN4O2. The maximum Gasteiger partial charge on any atom is 0.264 e. The Kier molecular flexibility index (Phi) is 5.26. The zero-order chi connectivity index (χ0) is 23.2. The fraction of sp³-hybridized carbons (Fsp3) is 0.296. The highest BCUT2D eigenvalue weighted by molar-refractivity contribution is 6.37. The van der Waals surface area contributed by atoms with Gasteiger partial charge in [-0.3, -0.25) is 4.79 Å². The summed E-state index contributed by atoms with van der Waals surface area (Å²) in [6.07, 6.45) is 4.07. The van der Waals surface area contributed by atoms with Crippen LogP contribution in [0.4, 0.5) is 5.82 Å². The molecule has 0 saturated heterocycles. The number of anilines is 1. The number of hydrogen-bond acceptors (Lipinski definition) is 5. The standard InChI is InChI=1S/C27H25ClN4O2/c1-16-24-26(31-34-16)25-20(28)9-5-11-22(25)32(27(24)33)19-8-4-6-17(14-19)15-29-23-13-12-18-7-2-3-10-21(18)30-23/h2-3,5,7,9-13,17,19H,4,6,8,14-15H2,1H3,(H,29,30). The fourth-order valence-electron chi connectivity index (χ4n) is 5.43. The quantitative estimate of drug-likeness (QED) is 0.323. The van der Waals surface area contributed by atoms with Crippen molar-refractivity contribution in [3.8, 4) is 0 Å². The second kappa shape index (κ2) is 8.44. The number of aryl methyl sites for hydroxylation is 1. The summed E-state index contributed by atoms with van der Waals surface area (Å²) in [6.45, 7) is 2.61. The number of benzene rings is 2. The van der Waals surface area contributed by atoms with Gasteiger partial charge in [-0.25, -0.2) is 4.98 Å². The van der Waals surface area contributed by atoms with Gasteiger partial charge in [0.1, 0.15) is 22.5 Å². The van der Waals surface area contributed by atoms with E-state index >= 15 is 0 Å². The SMILES string of the molecule is Cc1onc2c1c(=O)n(C1CCCC(CNc3ccc4ccccc4n3)C1)c1cccc(Cl)c21. The molecule has 1 saturated carbocycles. The Morgan fingerprint density at radius 1 is 1.09 bits per heavy atom. The summed E-state index contributed by atoms with van der Waals surface area (Å²) in [7, 11) is 0. The molecule has 172 valence electrons. The van der Waals surface area contributed by atoms with Crippen molar-refractivity contribution in [3.05, 3.63) is 75.7 Å². The van der Waals surface area contributed by atoms with Gasteiger partial charge in [0.25, 0.3) is 5.56 Å². The zero-order valence-corrected chi connectivity index (χ0v) is 19.7. The van der Waals surface area contributed by atoms with E-state index in [1.165, 1.54) is 0 Å². The summed E-state index contributed by atoms with van der Waals surface area (Å²) in [5.41, 5.74) is 2.32. The molecule has 1 N–H and O–H groups in total. The van der Waals surface area contributed by atoms with Gasteiger partial charge in [0.05, 0.1) is 16.1 Å². The summed E-state index contributed by atoms with van der Waals surface area (Å²) in [5.74, 6) is 1.86. The molecule has 2 atom stereocenters. The average molecular weight is 473 g/mol. The first-order chi connectivity index (χ1) is 16.6. The monoisotopic (exact) mass is 472 g/mol. The second-order valence-electron chi connectivity index (χ2n) is 9.23. The third-order valence-corrected chi connectivity index (χ3v) is 7.39. The van der Waals surface area contributed by atoms with Crippen LogP contribution in [0.1, 0.15) is 37.5 Å². The van der Waals surface area contributed by atoms with Gasteiger partial charge in [0.15, 0.2) is 0 Å². The van der Waals surface area contributed by atoms with Gasteiger partial charge in [-0.1, -0.05) is 47.4 Å². The van der Waals surface area contributed by atoms with Gasteiger partial charge >= 0.3 is 0 Å². The van der Waals surface area contributed by atoms with E-state index in [0.717, 1.165) is 59.9 Å². The van der Waals surface area contributed by atoms with Gasteiger partial charge in [0.2, 0.25) is 0 Å². The van der Waals surface area contributed by atoms with Crippen LogP contribution in [0.3, 0.4) is 0 Å². The lowest BCUT2D eigenvalue weighted by atomic mass is 9.85. The van der Waals surface area contributed by atoms with Crippen molar-refractivity contribution < 1.29 is 4.52 Å². The molecule has 1 aliphatic rings. The zero-order valence-electron chi connectivity index (χ0n) is 18.9. The molecule has 0 aliphatic heterocycles. The summed E-state index contributed by atoms with van der Waals surface area (Å²) in [4.78, 5) is 18.4. The number of para-hydroxylation sites is 1. The number of halogens is 1. The minimum absolute atomic E-state index is 0.0432. The first-order valence-corrected chi connectivity index (χ1v) is 12.2. The van der Waals surface area contributed by atoms with Gasteiger partial charge in [-0.2, -0.15) is 0 Å². The Morgan fingerprint density at radius 3 is 2.88 bits per heavy atom. The highest BCUT2D eigenvalue weighted by Crippen LogP contribution is 2.37. The minimum atomic E-state index is -0.0432. The first kappa shape index (κ1) is 21.2. The van der Waals surface area contributed by atoms with Crippen molar-refractivity contribution in [2.75, 3.05) is 11.9 Å². The van der Waals surface area contributed by atoms with E-state index < -0.39 is 0 Å². The van der Waals surface area contributed by atoms with Crippen molar-refractivity contribution in [1.82, 2.24) is 14.7 Å². The molecule has 1 aliphatic carbocycles. The molecule has 0 amide bonds. The van der Waals surface area contributed by atoms with E-state index in [1.54, 1.807) is 6.92 Å². The van der Waals surface area contributed by atoms with Gasteiger partial charge < -0.3 is 14.4 Å². The minimum Gasteiger partial charge on any atom is -0.370 e. The van der Waals surface area contributed by atoms with Gasteiger partial charge in [0, 0.05) is 23.4 Å². The summed E-state index contributed by atoms with van der Waals surface area (Å²) < 4.78 is 7.34. The predicted octanol–water partition coefficient (Wildman–Crippen LogP) is 6.50. The molecule has 3 aromatic heterocycles. The van der Waals surface area contributed by atoms with Crippen molar-refractivity contribution in [1.29, 1.82) is 0 Å². The normalized spacial score (nSPS) is 18.6. The first-order valence-electron chi connectivity index (χ1n) is 11.8. The topological polar surface area (TPSA) is 73.0 Å². The molecule has 2 aromatic carbocycles. The van der Waals surface area contributed by atoms with Crippen molar-refractivity contribution in [3.63, 3.8) is 0 Å². The number of rotatable bonds is 4. The Hall–Kier alpha value is -3.38. The molecule has 0 bridgehead atoms. The maximum atomic E-state index is 13.6. The van der Waals surface area contributed by atoms with Gasteiger partial charge in [-0.15, -0.1) is 0 Å². The molecule has 34 heavy (non-hydrogen) atoms. The highest BCUT2D eigenvalue weighted by atomic mass is 35.5. The van der Waals surface area contributed by atoms with Crippen LogP contribution in [-0.2, 0) is 0 Å². The Morgan fingerprint density at radius 2 is 1.97 bits per heavy atom. The van der Waals surface area contributed by atoms with Crippen LogP contribution in [0, 0.1) is 12.8 Å². The average Bonchev–Trinajstić information content (AvgIpc) is 3.24. The molecule has 3 heterocycles. The molecule has 5 aromatic rings. The lowest BCUT2D eigenvalue weighted by Gasteiger charge is -2.31. The van der Waals surface area contributed by atoms with Crippen molar-refractivity contribution in [2.45, 2.75) is 38.6 Å². The Bertz CT molecular complexity index is 1590. The van der Waals surface area contributed by atoms with Crippen LogP contribution in [-0.4, -0.2) is 21.3 Å². The molecule has 2 unspecified atom stereocenters. The molecule has 6 nitrogen and oxygen atoms in total. The van der Waals surface area contributed by atoms with Crippen molar-refractivity contribution in [2.24, 2.45) is 5.92 Å². The van der Waals surface area contributed by atoms with E-state index in [1.807, 2.05) is 47.0 Å². The largest absolute Gasteiger partial charge is 0.370 e. The molecule has 0 radical (unpaired) electrons. The van der Waals surface area contributed by atoms with Crippen LogP contribution in [0.25, 0.3) is 32.7 Å². The third-order valence-electron chi connectivity index (χ3n) is 7.07. The summed E-state index contributed by atoms with van der Waals surface area (Å²) in [6, 6.07) is 18.1. The molecule has 0 spiro atoms. The summed E-state index contributed by atoms with van der Waals surface area (Å²) in [5, 5.41) is 10.7. The van der Waals surface area contributed by atoms with E-state index in [9.17, 15) is 4.79 Å². The Labute approximate surface area is 201 Å². The van der Waals surface area contributed by atoms with Crippen LogP contribution < -0.4 is 10.9 Å². The third kappa shape index (κ3) is 3.53. The van der Waals surface area contributed by atoms with Crippen LogP contribution in [0.15, 0.2) is 63.9 Å². The fourth-order valence-corrected chi connectivity index (χ4v) is 5.69. The smallest absolute Gasteiger partial charge is 0.264 e. The number of hydrogen-bond donors (Lipinski definition) is 1. The predicted molar refractivity (Wildman–Crippen MR) is 137 cm³/mol. The van der Waals surface area contributed by atoms with Gasteiger partial charge in [-0.05, 0) is 62.4 Å². The van der Waals surface area contributed by atoms with Crippen molar-refractivity contribution >= 4 is 50.1 Å². The maximum absolute atomic E-state index is 13.6. The lowest BCUT2D eigenvalue weighted by Crippen LogP contribution is -2.31. The number of nitrogens with one attached hydrogen (secondary N) is 1. The van der Waals surface area contributed by atoms with E-state index in [4.69, 9.17) is 21.1 Å². The number of aromatic nitrogens is 3. The molecular weight excluding hydrogens is 448 g/mol. The summed E-state index contributed by atoms with van der Waals surface area (Å²) >= 11 is 6.58. The van der Waals surface area contributed by atoms with Crippen LogP contribution in [0.5, 0.6) is 0 Å². The lowest BCUT2D eigenvalue weighted by molar-refractivity contribution is 0.277. The number of nitrogens with zero attached hydrogens (tertiary/aromatic N) is 3. The Balaban J connectivity index is 1.31.